The van der Waals surface area contributed by atoms with Crippen LogP contribution in [0.4, 0.5) is 24.4 Å². The van der Waals surface area contributed by atoms with E-state index in [-0.39, 0.29) is 34.0 Å². The average molecular weight is 490 g/mol. The first-order chi connectivity index (χ1) is 16.2. The van der Waals surface area contributed by atoms with Crippen LogP contribution in [0, 0.1) is 11.6 Å². The lowest BCUT2D eigenvalue weighted by molar-refractivity contribution is 0.100. The van der Waals surface area contributed by atoms with Crippen LogP contribution in [-0.4, -0.2) is 51.2 Å². The lowest BCUT2D eigenvalue weighted by Crippen LogP contribution is -2.24. The molecule has 0 radical (unpaired) electrons. The van der Waals surface area contributed by atoms with Crippen LogP contribution in [0.2, 0.25) is 0 Å². The zero-order valence-corrected chi connectivity index (χ0v) is 18.9. The predicted molar refractivity (Wildman–Crippen MR) is 121 cm³/mol. The van der Waals surface area contributed by atoms with Crippen molar-refractivity contribution in [2.45, 2.75) is 26.0 Å². The molecule has 3 heterocycles. The maximum Gasteiger partial charge on any atom is 0.410 e. The normalized spacial score (nSPS) is 14.2. The Labute approximate surface area is 197 Å². The van der Waals surface area contributed by atoms with Gasteiger partial charge in [0, 0.05) is 11.1 Å². The van der Waals surface area contributed by atoms with Gasteiger partial charge in [-0.1, -0.05) is 0 Å². The fraction of sp³-hybridized carbons (Fsp3) is 0.273. The maximum absolute atomic E-state index is 14.8. The van der Waals surface area contributed by atoms with Crippen molar-refractivity contribution in [2.24, 2.45) is 5.73 Å². The number of hydrogen-bond donors (Lipinski definition) is 3. The number of halogens is 2. The molecule has 1 unspecified atom stereocenters. The number of thiophene rings is 1. The Kier molecular flexibility index (Phi) is 6.70. The Balaban J connectivity index is 1.62. The zero-order chi connectivity index (χ0) is 24.4. The second kappa shape index (κ2) is 9.69. The van der Waals surface area contributed by atoms with Gasteiger partial charge in [-0.15, -0.1) is 11.3 Å². The number of anilines is 2. The molecule has 0 spiro atoms. The highest BCUT2D eigenvalue weighted by atomic mass is 32.1. The minimum atomic E-state index is -0.818. The Bertz CT molecular complexity index is 1230. The summed E-state index contributed by atoms with van der Waals surface area (Å²) < 4.78 is 34.4. The number of aliphatic hydroxyl groups is 1. The molecule has 4 N–H and O–H groups in total. The molecule has 1 fully saturated rings. The van der Waals surface area contributed by atoms with Crippen molar-refractivity contribution in [3.8, 4) is 10.4 Å². The maximum atomic E-state index is 14.8. The van der Waals surface area contributed by atoms with Crippen LogP contribution in [0.3, 0.4) is 0 Å². The molecular formula is C22H21F2N5O4S. The number of carbonyl (C=O) groups excluding carboxylic acids is 2. The summed E-state index contributed by atoms with van der Waals surface area (Å²) in [4.78, 5) is 33.7. The molecule has 1 aromatic carbocycles. The lowest BCUT2D eigenvalue weighted by Gasteiger charge is -2.12. The number of primary amides is 1. The van der Waals surface area contributed by atoms with Crippen LogP contribution in [0.25, 0.3) is 10.4 Å². The van der Waals surface area contributed by atoms with Gasteiger partial charge in [0.05, 0.1) is 30.3 Å². The highest BCUT2D eigenvalue weighted by molar-refractivity contribution is 7.20. The van der Waals surface area contributed by atoms with E-state index in [0.29, 0.717) is 30.4 Å². The summed E-state index contributed by atoms with van der Waals surface area (Å²) in [6.07, 6.45) is 0.371. The topological polar surface area (TPSA) is 131 Å². The minimum Gasteiger partial charge on any atom is -0.448 e. The quantitative estimate of drug-likeness (QED) is 0.443. The summed E-state index contributed by atoms with van der Waals surface area (Å²) in [5, 5.41) is 12.7. The molecule has 4 rings (SSSR count). The van der Waals surface area contributed by atoms with Crippen molar-refractivity contribution >= 4 is 34.2 Å². The van der Waals surface area contributed by atoms with Crippen LogP contribution < -0.4 is 11.1 Å². The molecule has 0 bridgehead atoms. The zero-order valence-electron chi connectivity index (χ0n) is 18.0. The number of nitrogens with zero attached hydrogens (tertiary/aromatic N) is 3. The molecule has 0 saturated carbocycles. The summed E-state index contributed by atoms with van der Waals surface area (Å²) in [5.41, 5.74) is 5.54. The molecule has 0 aliphatic carbocycles. The van der Waals surface area contributed by atoms with Gasteiger partial charge in [-0.05, 0) is 43.2 Å². The standard InChI is InChI=1S/C22H21F2N5O4S/c1-11(30)6-12-7-14(23)19(15(24)8-12)16-9-13(20(25)31)21(34-16)28-17-2-3-26-18(27-17)10-29-4-5-33-22(29)32/h2-3,7-9,11,30H,4-6,10H2,1H3,(H2,25,31)(H,26,27,28). The van der Waals surface area contributed by atoms with Crippen LogP contribution in [0.1, 0.15) is 28.7 Å². The monoisotopic (exact) mass is 489 g/mol. The molecule has 9 nitrogen and oxygen atoms in total. The largest absolute Gasteiger partial charge is 0.448 e. The second-order valence-corrected chi connectivity index (χ2v) is 8.78. The van der Waals surface area contributed by atoms with Crippen molar-refractivity contribution in [2.75, 3.05) is 18.5 Å². The highest BCUT2D eigenvalue weighted by Crippen LogP contribution is 2.39. The van der Waals surface area contributed by atoms with E-state index >= 15 is 0 Å². The number of aromatic nitrogens is 2. The summed E-state index contributed by atoms with van der Waals surface area (Å²) in [6, 6.07) is 5.17. The SMILES string of the molecule is CC(O)Cc1cc(F)c(-c2cc(C(N)=O)c(Nc3ccnc(CN4CCOC4=O)n3)s2)c(F)c1. The Morgan fingerprint density at radius 1 is 1.35 bits per heavy atom. The fourth-order valence-corrected chi connectivity index (χ4v) is 4.63. The third-order valence-corrected chi connectivity index (χ3v) is 6.07. The first kappa shape index (κ1) is 23.5. The molecule has 2 amide bonds. The van der Waals surface area contributed by atoms with Gasteiger partial charge >= 0.3 is 6.09 Å². The van der Waals surface area contributed by atoms with Gasteiger partial charge in [-0.2, -0.15) is 0 Å². The molecule has 34 heavy (non-hydrogen) atoms. The van der Waals surface area contributed by atoms with Crippen LogP contribution in [0.15, 0.2) is 30.5 Å². The fourth-order valence-electron chi connectivity index (χ4n) is 3.51. The summed E-state index contributed by atoms with van der Waals surface area (Å²) >= 11 is 0.937. The van der Waals surface area contributed by atoms with Gasteiger partial charge in [-0.25, -0.2) is 23.5 Å². The van der Waals surface area contributed by atoms with E-state index < -0.39 is 29.7 Å². The number of hydrogen-bond acceptors (Lipinski definition) is 8. The molecule has 2 aromatic heterocycles. The Morgan fingerprint density at radius 3 is 2.71 bits per heavy atom. The van der Waals surface area contributed by atoms with E-state index in [1.165, 1.54) is 24.1 Å². The molecular weight excluding hydrogens is 468 g/mol. The Hall–Kier alpha value is -3.64. The smallest absolute Gasteiger partial charge is 0.410 e. The number of nitrogens with one attached hydrogen (secondary N) is 1. The van der Waals surface area contributed by atoms with Gasteiger partial charge in [0.1, 0.15) is 34.9 Å². The number of benzene rings is 1. The number of carbonyl (C=O) groups is 2. The molecule has 1 saturated heterocycles. The van der Waals surface area contributed by atoms with Crippen molar-refractivity contribution in [1.82, 2.24) is 14.9 Å². The molecule has 1 aliphatic rings. The number of ether oxygens (including phenoxy) is 1. The van der Waals surface area contributed by atoms with Crippen molar-refractivity contribution in [3.63, 3.8) is 0 Å². The van der Waals surface area contributed by atoms with Crippen molar-refractivity contribution in [1.29, 1.82) is 0 Å². The first-order valence-electron chi connectivity index (χ1n) is 10.3. The van der Waals surface area contributed by atoms with Crippen molar-refractivity contribution in [3.05, 3.63) is 59.0 Å². The van der Waals surface area contributed by atoms with Crippen LogP contribution in [-0.2, 0) is 17.7 Å². The minimum absolute atomic E-state index is 0.0372. The number of aliphatic hydroxyl groups excluding tert-OH is 1. The second-order valence-electron chi connectivity index (χ2n) is 7.72. The summed E-state index contributed by atoms with van der Waals surface area (Å²) in [5.74, 6) is -1.78. The van der Waals surface area contributed by atoms with E-state index in [1.807, 2.05) is 0 Å². The van der Waals surface area contributed by atoms with Gasteiger partial charge in [-0.3, -0.25) is 9.69 Å². The number of nitrogens with two attached hydrogens (primary N) is 1. The summed E-state index contributed by atoms with van der Waals surface area (Å²) in [7, 11) is 0. The first-order valence-corrected chi connectivity index (χ1v) is 11.1. The predicted octanol–water partition coefficient (Wildman–Crippen LogP) is 3.20. The molecule has 1 atom stereocenters. The highest BCUT2D eigenvalue weighted by Gasteiger charge is 2.24. The summed E-state index contributed by atoms with van der Waals surface area (Å²) in [6.45, 7) is 2.38. The molecule has 12 heteroatoms. The van der Waals surface area contributed by atoms with Crippen LogP contribution in [0.5, 0.6) is 0 Å². The van der Waals surface area contributed by atoms with E-state index in [1.54, 1.807) is 6.07 Å². The molecule has 1 aliphatic heterocycles. The van der Waals surface area contributed by atoms with Gasteiger partial charge in [0.2, 0.25) is 0 Å². The third kappa shape index (κ3) is 5.13. The van der Waals surface area contributed by atoms with Gasteiger partial charge in [0.25, 0.3) is 5.91 Å². The van der Waals surface area contributed by atoms with Gasteiger partial charge in [0.15, 0.2) is 0 Å². The van der Waals surface area contributed by atoms with Crippen molar-refractivity contribution < 1.29 is 28.2 Å². The molecule has 178 valence electrons. The van der Waals surface area contributed by atoms with E-state index in [0.717, 1.165) is 23.5 Å². The van der Waals surface area contributed by atoms with Gasteiger partial charge < -0.3 is 20.9 Å². The lowest BCUT2D eigenvalue weighted by atomic mass is 10.0. The number of rotatable bonds is 8. The van der Waals surface area contributed by atoms with E-state index in [4.69, 9.17) is 10.5 Å². The van der Waals surface area contributed by atoms with E-state index in [2.05, 4.69) is 15.3 Å². The van der Waals surface area contributed by atoms with Crippen LogP contribution >= 0.6 is 11.3 Å². The molecule has 3 aromatic rings. The number of amides is 2. The Morgan fingerprint density at radius 2 is 2.09 bits per heavy atom. The third-order valence-electron chi connectivity index (χ3n) is 5.00. The number of cyclic esters (lactones) is 1. The van der Waals surface area contributed by atoms with E-state index in [9.17, 15) is 23.5 Å². The average Bonchev–Trinajstić information content (AvgIpc) is 3.34.